The maximum Gasteiger partial charge on any atom is 0.308 e. The lowest BCUT2D eigenvalue weighted by molar-refractivity contribution is -0.136. The van der Waals surface area contributed by atoms with E-state index in [-0.39, 0.29) is 11.8 Å². The maximum absolute atomic E-state index is 11.8. The Morgan fingerprint density at radius 3 is 2.45 bits per heavy atom. The highest BCUT2D eigenvalue weighted by atomic mass is 16.4. The summed E-state index contributed by atoms with van der Waals surface area (Å²) >= 11 is 0. The molecule has 4 heteroatoms. The summed E-state index contributed by atoms with van der Waals surface area (Å²) in [5, 5.41) is 8.85. The van der Waals surface area contributed by atoms with Crippen LogP contribution in [-0.4, -0.2) is 15.6 Å². The summed E-state index contributed by atoms with van der Waals surface area (Å²) < 4.78 is 1.85. The second kappa shape index (κ2) is 5.33. The average molecular weight is 271 g/mol. The van der Waals surface area contributed by atoms with Gasteiger partial charge in [0.1, 0.15) is 0 Å². The van der Waals surface area contributed by atoms with Gasteiger partial charge >= 0.3 is 5.97 Å². The van der Waals surface area contributed by atoms with Crippen LogP contribution in [0.1, 0.15) is 22.4 Å². The van der Waals surface area contributed by atoms with Crippen LogP contribution in [0.5, 0.6) is 0 Å². The molecule has 0 aliphatic rings. The topological polar surface area (TPSA) is 59.3 Å². The van der Waals surface area contributed by atoms with Gasteiger partial charge in [-0.3, -0.25) is 9.59 Å². The van der Waals surface area contributed by atoms with Gasteiger partial charge in [0.15, 0.2) is 5.43 Å². The molecule has 0 unspecified atom stereocenters. The second-order valence-electron chi connectivity index (χ2n) is 5.01. The van der Waals surface area contributed by atoms with E-state index in [9.17, 15) is 9.59 Å². The lowest BCUT2D eigenvalue weighted by Gasteiger charge is -2.13. The molecule has 0 spiro atoms. The van der Waals surface area contributed by atoms with Crippen LogP contribution in [-0.2, 0) is 11.2 Å². The molecule has 2 rings (SSSR count). The van der Waals surface area contributed by atoms with Crippen molar-refractivity contribution in [2.24, 2.45) is 0 Å². The molecule has 4 nitrogen and oxygen atoms in total. The highest BCUT2D eigenvalue weighted by Gasteiger charge is 2.09. The highest BCUT2D eigenvalue weighted by molar-refractivity contribution is 5.70. The quantitative estimate of drug-likeness (QED) is 0.932. The molecule has 0 fully saturated rings. The lowest BCUT2D eigenvalue weighted by Crippen LogP contribution is -2.17. The lowest BCUT2D eigenvalue weighted by atomic mass is 10.1. The molecular weight excluding hydrogens is 254 g/mol. The van der Waals surface area contributed by atoms with Crippen LogP contribution in [0.4, 0.5) is 0 Å². The number of hydrogen-bond acceptors (Lipinski definition) is 2. The van der Waals surface area contributed by atoms with Gasteiger partial charge in [-0.05, 0) is 44.0 Å². The maximum atomic E-state index is 11.8. The van der Waals surface area contributed by atoms with Gasteiger partial charge in [0.25, 0.3) is 0 Å². The van der Waals surface area contributed by atoms with Crippen molar-refractivity contribution in [1.29, 1.82) is 0 Å². The molecule has 1 aromatic carbocycles. The number of benzene rings is 1. The van der Waals surface area contributed by atoms with Gasteiger partial charge in [-0.1, -0.05) is 6.07 Å². The van der Waals surface area contributed by atoms with Crippen LogP contribution in [0.15, 0.2) is 35.3 Å². The molecule has 0 atom stereocenters. The summed E-state index contributed by atoms with van der Waals surface area (Å²) in [6.45, 7) is 5.89. The minimum atomic E-state index is -1.00. The fraction of sp³-hybridized carbons (Fsp3) is 0.250. The van der Waals surface area contributed by atoms with E-state index in [1.165, 1.54) is 11.6 Å². The number of carbonyl (C=O) groups is 1. The van der Waals surface area contributed by atoms with Crippen LogP contribution in [0.3, 0.4) is 0 Å². The summed E-state index contributed by atoms with van der Waals surface area (Å²) in [5.74, 6) is -1.00. The van der Waals surface area contributed by atoms with Crippen molar-refractivity contribution in [3.8, 4) is 5.69 Å². The van der Waals surface area contributed by atoms with E-state index in [0.29, 0.717) is 5.56 Å². The Morgan fingerprint density at radius 1 is 1.15 bits per heavy atom. The Morgan fingerprint density at radius 2 is 1.85 bits per heavy atom. The molecule has 0 aliphatic carbocycles. The molecule has 20 heavy (non-hydrogen) atoms. The number of aliphatic carboxylic acids is 1. The zero-order valence-electron chi connectivity index (χ0n) is 11.8. The zero-order valence-corrected chi connectivity index (χ0v) is 11.8. The van der Waals surface area contributed by atoms with Crippen molar-refractivity contribution in [1.82, 2.24) is 4.57 Å². The minimum Gasteiger partial charge on any atom is -0.481 e. The van der Waals surface area contributed by atoms with E-state index in [1.54, 1.807) is 6.20 Å². The van der Waals surface area contributed by atoms with Crippen molar-refractivity contribution >= 4 is 5.97 Å². The molecule has 0 saturated carbocycles. The monoisotopic (exact) mass is 271 g/mol. The third-order valence-electron chi connectivity index (χ3n) is 3.43. The van der Waals surface area contributed by atoms with Crippen molar-refractivity contribution in [2.75, 3.05) is 0 Å². The van der Waals surface area contributed by atoms with Gasteiger partial charge < -0.3 is 9.67 Å². The van der Waals surface area contributed by atoms with E-state index in [4.69, 9.17) is 5.11 Å². The summed E-state index contributed by atoms with van der Waals surface area (Å²) in [7, 11) is 0. The van der Waals surface area contributed by atoms with Gasteiger partial charge in [0, 0.05) is 29.2 Å². The molecule has 0 amide bonds. The molecule has 0 bridgehead atoms. The zero-order chi connectivity index (χ0) is 14.9. The Balaban J connectivity index is 2.58. The van der Waals surface area contributed by atoms with Gasteiger partial charge in [-0.25, -0.2) is 0 Å². The van der Waals surface area contributed by atoms with Gasteiger partial charge in [0.2, 0.25) is 0 Å². The van der Waals surface area contributed by atoms with Gasteiger partial charge in [-0.15, -0.1) is 0 Å². The Kier molecular flexibility index (Phi) is 3.74. The number of carboxylic acids is 1. The first kappa shape index (κ1) is 14.1. The standard InChI is InChI=1S/C16H17NO3/c1-10-4-5-14(6-11(10)2)17-9-13(8-16(19)20)15(18)7-12(17)3/h4-7,9H,8H2,1-3H3,(H,19,20). The minimum absolute atomic E-state index is 0.231. The molecule has 1 aromatic heterocycles. The Bertz CT molecular complexity index is 729. The fourth-order valence-corrected chi connectivity index (χ4v) is 2.12. The van der Waals surface area contributed by atoms with Crippen molar-refractivity contribution in [3.05, 3.63) is 63.1 Å². The van der Waals surface area contributed by atoms with Crippen molar-refractivity contribution < 1.29 is 9.90 Å². The van der Waals surface area contributed by atoms with Crippen LogP contribution in [0.25, 0.3) is 5.69 Å². The largest absolute Gasteiger partial charge is 0.481 e. The van der Waals surface area contributed by atoms with E-state index in [2.05, 4.69) is 0 Å². The highest BCUT2D eigenvalue weighted by Crippen LogP contribution is 2.16. The predicted octanol–water partition coefficient (Wildman–Crippen LogP) is 2.39. The van der Waals surface area contributed by atoms with Crippen molar-refractivity contribution in [2.45, 2.75) is 27.2 Å². The average Bonchev–Trinajstić information content (AvgIpc) is 2.36. The number of nitrogens with zero attached hydrogens (tertiary/aromatic N) is 1. The second-order valence-corrected chi connectivity index (χ2v) is 5.01. The van der Waals surface area contributed by atoms with Gasteiger partial charge in [0.05, 0.1) is 6.42 Å². The third kappa shape index (κ3) is 2.79. The molecule has 104 valence electrons. The van der Waals surface area contributed by atoms with E-state index in [0.717, 1.165) is 16.9 Å². The predicted molar refractivity (Wildman–Crippen MR) is 77.6 cm³/mol. The smallest absolute Gasteiger partial charge is 0.308 e. The fourth-order valence-electron chi connectivity index (χ4n) is 2.12. The number of aryl methyl sites for hydroxylation is 3. The molecule has 0 radical (unpaired) electrons. The summed E-state index contributed by atoms with van der Waals surface area (Å²) in [6, 6.07) is 7.48. The first-order valence-corrected chi connectivity index (χ1v) is 6.40. The van der Waals surface area contributed by atoms with Crippen molar-refractivity contribution in [3.63, 3.8) is 0 Å². The van der Waals surface area contributed by atoms with E-state index < -0.39 is 5.97 Å². The summed E-state index contributed by atoms with van der Waals surface area (Å²) in [5.41, 5.74) is 4.12. The SMILES string of the molecule is Cc1ccc(-n2cc(CC(=O)O)c(=O)cc2C)cc1C. The molecular formula is C16H17NO3. The van der Waals surface area contributed by atoms with Gasteiger partial charge in [-0.2, -0.15) is 0 Å². The van der Waals surface area contributed by atoms with Crippen LogP contribution in [0.2, 0.25) is 0 Å². The van der Waals surface area contributed by atoms with Crippen LogP contribution >= 0.6 is 0 Å². The number of hydrogen-bond donors (Lipinski definition) is 1. The Hall–Kier alpha value is -2.36. The normalized spacial score (nSPS) is 10.6. The van der Waals surface area contributed by atoms with E-state index in [1.807, 2.05) is 43.5 Å². The molecule has 1 heterocycles. The first-order chi connectivity index (χ1) is 9.38. The first-order valence-electron chi connectivity index (χ1n) is 6.40. The van der Waals surface area contributed by atoms with E-state index >= 15 is 0 Å². The molecule has 1 N–H and O–H groups in total. The van der Waals surface area contributed by atoms with Crippen LogP contribution < -0.4 is 5.43 Å². The summed E-state index contributed by atoms with van der Waals surface area (Å²) in [6.07, 6.45) is 1.36. The Labute approximate surface area is 117 Å². The number of pyridine rings is 1. The van der Waals surface area contributed by atoms with Crippen LogP contribution in [0, 0.1) is 20.8 Å². The number of aromatic nitrogens is 1. The number of carboxylic acid groups (broad SMARTS) is 1. The summed E-state index contributed by atoms with van der Waals surface area (Å²) in [4.78, 5) is 22.6. The molecule has 2 aromatic rings. The third-order valence-corrected chi connectivity index (χ3v) is 3.43. The molecule has 0 aliphatic heterocycles. The molecule has 0 saturated heterocycles. The number of rotatable bonds is 3.